The second-order valence-corrected chi connectivity index (χ2v) is 8.15. The maximum atomic E-state index is 10.9. The Morgan fingerprint density at radius 1 is 1.15 bits per heavy atom. The lowest BCUT2D eigenvalue weighted by atomic mass is 10.0. The van der Waals surface area contributed by atoms with E-state index < -0.39 is 6.10 Å². The molecule has 1 aromatic carbocycles. The second kappa shape index (κ2) is 7.84. The van der Waals surface area contributed by atoms with E-state index in [4.69, 9.17) is 0 Å². The summed E-state index contributed by atoms with van der Waals surface area (Å²) in [6.07, 6.45) is 2.88. The maximum Gasteiger partial charge on any atom is 0.142 e. The first-order chi connectivity index (χ1) is 13.1. The Labute approximate surface area is 164 Å². The molecule has 1 aliphatic rings. The molecule has 5 nitrogen and oxygen atoms in total. The monoisotopic (exact) mass is 382 g/mol. The molecule has 1 atom stereocenters. The van der Waals surface area contributed by atoms with Gasteiger partial charge in [0.25, 0.3) is 0 Å². The molecular weight excluding hydrogens is 356 g/mol. The molecule has 2 aromatic heterocycles. The molecule has 0 saturated carbocycles. The Morgan fingerprint density at radius 2 is 1.93 bits per heavy atom. The molecule has 1 saturated heterocycles. The number of aromatic nitrogens is 2. The Kier molecular flexibility index (Phi) is 5.29. The van der Waals surface area contributed by atoms with Gasteiger partial charge in [-0.15, -0.1) is 11.3 Å². The number of imidazole rings is 1. The number of piperazine rings is 1. The molecule has 1 N–H and O–H groups in total. The molecule has 0 amide bonds. The highest BCUT2D eigenvalue weighted by atomic mass is 32.1. The first-order valence-electron chi connectivity index (χ1n) is 9.38. The summed E-state index contributed by atoms with van der Waals surface area (Å²) in [5.41, 5.74) is 3.43. The van der Waals surface area contributed by atoms with Crippen molar-refractivity contribution < 1.29 is 5.11 Å². The zero-order chi connectivity index (χ0) is 18.8. The highest BCUT2D eigenvalue weighted by Crippen LogP contribution is 2.31. The summed E-state index contributed by atoms with van der Waals surface area (Å²) in [5, 5.41) is 13.1. The fourth-order valence-corrected chi connectivity index (χ4v) is 4.65. The number of aryl methyl sites for hydroxylation is 2. The van der Waals surface area contributed by atoms with Crippen LogP contribution in [-0.4, -0.2) is 45.7 Å². The first kappa shape index (κ1) is 18.2. The molecule has 1 aliphatic heterocycles. The summed E-state index contributed by atoms with van der Waals surface area (Å²) >= 11 is 1.85. The van der Waals surface area contributed by atoms with E-state index >= 15 is 0 Å². The van der Waals surface area contributed by atoms with Crippen molar-refractivity contribution in [3.05, 3.63) is 69.9 Å². The van der Waals surface area contributed by atoms with Crippen LogP contribution in [0.1, 0.15) is 27.9 Å². The Bertz CT molecular complexity index is 895. The summed E-state index contributed by atoms with van der Waals surface area (Å²) in [4.78, 5) is 10.7. The predicted molar refractivity (Wildman–Crippen MR) is 110 cm³/mol. The van der Waals surface area contributed by atoms with Crippen LogP contribution in [0.5, 0.6) is 0 Å². The van der Waals surface area contributed by atoms with Crippen LogP contribution in [0.4, 0.5) is 5.69 Å². The number of hydrogen-bond donors (Lipinski definition) is 1. The normalized spacial score (nSPS) is 16.6. The molecule has 1 fully saturated rings. The van der Waals surface area contributed by atoms with Gasteiger partial charge in [0, 0.05) is 68.3 Å². The van der Waals surface area contributed by atoms with Crippen LogP contribution < -0.4 is 4.90 Å². The highest BCUT2D eigenvalue weighted by molar-refractivity contribution is 7.10. The van der Waals surface area contributed by atoms with E-state index in [9.17, 15) is 5.11 Å². The minimum Gasteiger partial charge on any atom is -0.380 e. The van der Waals surface area contributed by atoms with E-state index in [0.29, 0.717) is 5.82 Å². The van der Waals surface area contributed by atoms with Crippen molar-refractivity contribution in [2.24, 2.45) is 7.05 Å². The number of para-hydroxylation sites is 1. The minimum absolute atomic E-state index is 0.675. The van der Waals surface area contributed by atoms with Crippen molar-refractivity contribution in [1.29, 1.82) is 0 Å². The molecule has 27 heavy (non-hydrogen) atoms. The van der Waals surface area contributed by atoms with Gasteiger partial charge in [0.2, 0.25) is 0 Å². The maximum absolute atomic E-state index is 10.9. The molecule has 142 valence electrons. The lowest BCUT2D eigenvalue weighted by molar-refractivity contribution is 0.205. The molecule has 0 radical (unpaired) electrons. The van der Waals surface area contributed by atoms with Crippen molar-refractivity contribution in [2.45, 2.75) is 19.6 Å². The average Bonchev–Trinajstić information content (AvgIpc) is 3.30. The number of rotatable bonds is 5. The Hall–Kier alpha value is -2.15. The number of thiophene rings is 1. The molecular formula is C21H26N4OS. The van der Waals surface area contributed by atoms with E-state index in [1.807, 2.05) is 47.3 Å². The molecule has 4 rings (SSSR count). The Balaban J connectivity index is 1.47. The highest BCUT2D eigenvalue weighted by Gasteiger charge is 2.24. The van der Waals surface area contributed by atoms with Gasteiger partial charge in [0.05, 0.1) is 0 Å². The smallest absolute Gasteiger partial charge is 0.142 e. The summed E-state index contributed by atoms with van der Waals surface area (Å²) in [6, 6.07) is 10.4. The van der Waals surface area contributed by atoms with Crippen molar-refractivity contribution in [3.63, 3.8) is 0 Å². The quantitative estimate of drug-likeness (QED) is 0.736. The van der Waals surface area contributed by atoms with Crippen LogP contribution in [0.25, 0.3) is 0 Å². The fourth-order valence-electron chi connectivity index (χ4n) is 3.70. The van der Waals surface area contributed by atoms with Crippen LogP contribution in [0.3, 0.4) is 0 Å². The third kappa shape index (κ3) is 3.78. The topological polar surface area (TPSA) is 44.5 Å². The molecule has 0 unspecified atom stereocenters. The second-order valence-electron chi connectivity index (χ2n) is 7.15. The third-order valence-corrected chi connectivity index (χ3v) is 6.39. The van der Waals surface area contributed by atoms with E-state index in [-0.39, 0.29) is 0 Å². The van der Waals surface area contributed by atoms with Gasteiger partial charge in [-0.3, -0.25) is 4.90 Å². The van der Waals surface area contributed by atoms with Crippen LogP contribution >= 0.6 is 11.3 Å². The number of benzene rings is 1. The van der Waals surface area contributed by atoms with E-state index in [0.717, 1.165) is 44.0 Å². The number of aliphatic hydroxyl groups excluding tert-OH is 1. The number of hydrogen-bond acceptors (Lipinski definition) is 5. The first-order valence-corrected chi connectivity index (χ1v) is 10.3. The molecule has 3 aromatic rings. The minimum atomic E-state index is -0.715. The van der Waals surface area contributed by atoms with Gasteiger partial charge < -0.3 is 14.6 Å². The predicted octanol–water partition coefficient (Wildman–Crippen LogP) is 3.19. The van der Waals surface area contributed by atoms with Crippen LogP contribution in [-0.2, 0) is 13.6 Å². The standard InChI is InChI=1S/C21H26N4OS/c1-16-7-14-27-19(16)15-24-10-12-25(13-11-24)18-6-4-3-5-17(18)20(26)21-22-8-9-23(21)2/h3-9,14,20,26H,10-13,15H2,1-2H3/t20-/m1/s1. The fraction of sp³-hybridized carbons (Fsp3) is 0.381. The van der Waals surface area contributed by atoms with Crippen molar-refractivity contribution in [2.75, 3.05) is 31.1 Å². The van der Waals surface area contributed by atoms with Gasteiger partial charge in [0.1, 0.15) is 11.9 Å². The molecule has 0 spiro atoms. The largest absolute Gasteiger partial charge is 0.380 e. The van der Waals surface area contributed by atoms with E-state index in [1.165, 1.54) is 10.4 Å². The van der Waals surface area contributed by atoms with Gasteiger partial charge in [-0.1, -0.05) is 18.2 Å². The SMILES string of the molecule is Cc1ccsc1CN1CCN(c2ccccc2[C@@H](O)c2nccn2C)CC1. The Morgan fingerprint density at radius 3 is 2.59 bits per heavy atom. The van der Waals surface area contributed by atoms with Crippen molar-refractivity contribution in [3.8, 4) is 0 Å². The zero-order valence-corrected chi connectivity index (χ0v) is 16.7. The average molecular weight is 383 g/mol. The molecule has 0 aliphatic carbocycles. The molecule has 3 heterocycles. The van der Waals surface area contributed by atoms with E-state index in [1.54, 1.807) is 6.20 Å². The number of nitrogens with zero attached hydrogens (tertiary/aromatic N) is 4. The lowest BCUT2D eigenvalue weighted by Crippen LogP contribution is -2.46. The van der Waals surface area contributed by atoms with Gasteiger partial charge in [-0.2, -0.15) is 0 Å². The van der Waals surface area contributed by atoms with Crippen LogP contribution in [0, 0.1) is 6.92 Å². The summed E-state index contributed by atoms with van der Waals surface area (Å²) < 4.78 is 1.88. The number of anilines is 1. The summed E-state index contributed by atoms with van der Waals surface area (Å²) in [5.74, 6) is 0.675. The van der Waals surface area contributed by atoms with E-state index in [2.05, 4.69) is 39.2 Å². The van der Waals surface area contributed by atoms with Crippen molar-refractivity contribution >= 4 is 17.0 Å². The van der Waals surface area contributed by atoms with Gasteiger partial charge in [-0.05, 0) is 30.0 Å². The van der Waals surface area contributed by atoms with Gasteiger partial charge >= 0.3 is 0 Å². The van der Waals surface area contributed by atoms with Crippen LogP contribution in [0.15, 0.2) is 48.1 Å². The van der Waals surface area contributed by atoms with Gasteiger partial charge in [0.15, 0.2) is 0 Å². The molecule has 0 bridgehead atoms. The summed E-state index contributed by atoms with van der Waals surface area (Å²) in [7, 11) is 1.92. The lowest BCUT2D eigenvalue weighted by Gasteiger charge is -2.37. The molecule has 6 heteroatoms. The summed E-state index contributed by atoms with van der Waals surface area (Å²) in [6.45, 7) is 7.23. The van der Waals surface area contributed by atoms with Crippen molar-refractivity contribution in [1.82, 2.24) is 14.5 Å². The third-order valence-electron chi connectivity index (χ3n) is 5.38. The van der Waals surface area contributed by atoms with Crippen LogP contribution in [0.2, 0.25) is 0 Å². The zero-order valence-electron chi connectivity index (χ0n) is 15.9. The number of aliphatic hydroxyl groups is 1. The van der Waals surface area contributed by atoms with Gasteiger partial charge in [-0.25, -0.2) is 4.98 Å².